The molecule has 14 heavy (non-hydrogen) atoms. The van der Waals surface area contributed by atoms with Crippen molar-refractivity contribution >= 4 is 38.4 Å². The highest BCUT2D eigenvalue weighted by Gasteiger charge is 2.11. The maximum absolute atomic E-state index is 6.03. The van der Waals surface area contributed by atoms with Crippen LogP contribution in [0.2, 0.25) is 5.02 Å². The first kappa shape index (κ1) is 9.99. The molecule has 74 valence electrons. The quantitative estimate of drug-likeness (QED) is 0.767. The molecular weight excluding hydrogens is 263 g/mol. The lowest BCUT2D eigenvalue weighted by atomic mass is 10.2. The largest absolute Gasteiger partial charge is 0.261 e. The molecule has 1 aromatic heterocycles. The summed E-state index contributed by atoms with van der Waals surface area (Å²) < 4.78 is 2.88. The first-order valence-corrected chi connectivity index (χ1v) is 5.59. The number of aromatic nitrogens is 2. The van der Waals surface area contributed by atoms with Crippen LogP contribution in [0.4, 0.5) is 0 Å². The minimum atomic E-state index is 0.335. The number of halogens is 2. The van der Waals surface area contributed by atoms with Crippen LogP contribution in [-0.4, -0.2) is 9.78 Å². The van der Waals surface area contributed by atoms with E-state index < -0.39 is 0 Å². The van der Waals surface area contributed by atoms with Gasteiger partial charge in [0.25, 0.3) is 0 Å². The van der Waals surface area contributed by atoms with E-state index in [0.29, 0.717) is 6.04 Å². The molecule has 0 saturated heterocycles. The summed E-state index contributed by atoms with van der Waals surface area (Å²) in [7, 11) is 0. The molecule has 0 unspecified atom stereocenters. The van der Waals surface area contributed by atoms with Crippen molar-refractivity contribution in [2.24, 2.45) is 0 Å². The zero-order chi connectivity index (χ0) is 10.3. The first-order valence-electron chi connectivity index (χ1n) is 4.42. The van der Waals surface area contributed by atoms with Crippen molar-refractivity contribution in [1.29, 1.82) is 0 Å². The SMILES string of the molecule is CC(C)n1ncc2ccc(Cl)c(Br)c21. The number of rotatable bonds is 1. The van der Waals surface area contributed by atoms with Crippen molar-refractivity contribution in [1.82, 2.24) is 9.78 Å². The first-order chi connectivity index (χ1) is 6.61. The van der Waals surface area contributed by atoms with Crippen molar-refractivity contribution in [3.8, 4) is 0 Å². The fraction of sp³-hybridized carbons (Fsp3) is 0.300. The molecule has 2 rings (SSSR count). The van der Waals surface area contributed by atoms with Crippen molar-refractivity contribution < 1.29 is 0 Å². The Hall–Kier alpha value is -0.540. The summed E-state index contributed by atoms with van der Waals surface area (Å²) in [6.07, 6.45) is 1.86. The molecule has 0 N–H and O–H groups in total. The number of fused-ring (bicyclic) bond motifs is 1. The van der Waals surface area contributed by atoms with Crippen LogP contribution in [0.15, 0.2) is 22.8 Å². The zero-order valence-electron chi connectivity index (χ0n) is 7.96. The Morgan fingerprint density at radius 2 is 2.14 bits per heavy atom. The third-order valence-electron chi connectivity index (χ3n) is 2.14. The summed E-state index contributed by atoms with van der Waals surface area (Å²) in [6.45, 7) is 4.19. The van der Waals surface area contributed by atoms with Crippen molar-refractivity contribution in [3.05, 3.63) is 27.8 Å². The molecule has 0 bridgehead atoms. The third-order valence-corrected chi connectivity index (χ3v) is 3.49. The van der Waals surface area contributed by atoms with Gasteiger partial charge < -0.3 is 0 Å². The van der Waals surface area contributed by atoms with Gasteiger partial charge in [-0.25, -0.2) is 0 Å². The molecule has 2 nitrogen and oxygen atoms in total. The Morgan fingerprint density at radius 3 is 2.79 bits per heavy atom. The Bertz CT molecular complexity index is 476. The predicted molar refractivity (Wildman–Crippen MR) is 62.8 cm³/mol. The Labute approximate surface area is 96.0 Å². The third kappa shape index (κ3) is 1.44. The summed E-state index contributed by atoms with van der Waals surface area (Å²) >= 11 is 9.52. The van der Waals surface area contributed by atoms with Gasteiger partial charge in [0.05, 0.1) is 21.2 Å². The maximum atomic E-state index is 6.03. The Kier molecular flexibility index (Phi) is 2.54. The van der Waals surface area contributed by atoms with Crippen molar-refractivity contribution in [2.45, 2.75) is 19.9 Å². The topological polar surface area (TPSA) is 17.8 Å². The molecule has 0 saturated carbocycles. The van der Waals surface area contributed by atoms with Crippen molar-refractivity contribution in [3.63, 3.8) is 0 Å². The maximum Gasteiger partial charge on any atom is 0.0842 e. The van der Waals surface area contributed by atoms with Gasteiger partial charge >= 0.3 is 0 Å². The van der Waals surface area contributed by atoms with Gasteiger partial charge in [-0.2, -0.15) is 5.10 Å². The molecule has 0 spiro atoms. The van der Waals surface area contributed by atoms with Gasteiger partial charge in [-0.3, -0.25) is 4.68 Å². The van der Waals surface area contributed by atoms with Gasteiger partial charge in [-0.15, -0.1) is 0 Å². The molecule has 0 radical (unpaired) electrons. The summed E-state index contributed by atoms with van der Waals surface area (Å²) in [5, 5.41) is 6.15. The van der Waals surface area contributed by atoms with Gasteiger partial charge in [0.2, 0.25) is 0 Å². The second-order valence-corrected chi connectivity index (χ2v) is 4.68. The average molecular weight is 274 g/mol. The van der Waals surface area contributed by atoms with Crippen LogP contribution in [0.3, 0.4) is 0 Å². The molecule has 0 aliphatic rings. The van der Waals surface area contributed by atoms with Crippen LogP contribution in [-0.2, 0) is 0 Å². The van der Waals surface area contributed by atoms with Crippen LogP contribution >= 0.6 is 27.5 Å². The van der Waals surface area contributed by atoms with Crippen LogP contribution < -0.4 is 0 Å². The van der Waals surface area contributed by atoms with Crippen LogP contribution in [0.25, 0.3) is 10.9 Å². The van der Waals surface area contributed by atoms with Gasteiger partial charge in [-0.1, -0.05) is 11.6 Å². The number of hydrogen-bond acceptors (Lipinski definition) is 1. The number of benzene rings is 1. The summed E-state index contributed by atoms with van der Waals surface area (Å²) in [5.41, 5.74) is 1.06. The van der Waals surface area contributed by atoms with E-state index in [-0.39, 0.29) is 0 Å². The molecule has 0 atom stereocenters. The lowest BCUT2D eigenvalue weighted by Crippen LogP contribution is -2.02. The smallest absolute Gasteiger partial charge is 0.0842 e. The van der Waals surface area contributed by atoms with E-state index >= 15 is 0 Å². The lowest BCUT2D eigenvalue weighted by Gasteiger charge is -2.08. The van der Waals surface area contributed by atoms with E-state index in [1.165, 1.54) is 0 Å². The molecule has 0 amide bonds. The van der Waals surface area contributed by atoms with Gasteiger partial charge in [-0.05, 0) is 41.9 Å². The minimum absolute atomic E-state index is 0.335. The monoisotopic (exact) mass is 272 g/mol. The van der Waals surface area contributed by atoms with E-state index in [9.17, 15) is 0 Å². The molecule has 1 heterocycles. The van der Waals surface area contributed by atoms with E-state index in [1.807, 2.05) is 23.0 Å². The molecule has 0 aliphatic heterocycles. The average Bonchev–Trinajstić information content (AvgIpc) is 2.55. The highest BCUT2D eigenvalue weighted by atomic mass is 79.9. The lowest BCUT2D eigenvalue weighted by molar-refractivity contribution is 0.550. The van der Waals surface area contributed by atoms with E-state index in [1.54, 1.807) is 0 Å². The zero-order valence-corrected chi connectivity index (χ0v) is 10.3. The standard InChI is InChI=1S/C10H10BrClN2/c1-6(2)14-10-7(5-13-14)3-4-8(12)9(10)11/h3-6H,1-2H3. The van der Waals surface area contributed by atoms with Gasteiger partial charge in [0.15, 0.2) is 0 Å². The number of nitrogens with zero attached hydrogens (tertiary/aromatic N) is 2. The summed E-state index contributed by atoms with van der Waals surface area (Å²) in [4.78, 5) is 0. The molecule has 1 aromatic carbocycles. The fourth-order valence-electron chi connectivity index (χ4n) is 1.47. The van der Waals surface area contributed by atoms with E-state index in [0.717, 1.165) is 20.4 Å². The minimum Gasteiger partial charge on any atom is -0.261 e. The number of hydrogen-bond donors (Lipinski definition) is 0. The molecule has 2 aromatic rings. The van der Waals surface area contributed by atoms with Crippen LogP contribution in [0.5, 0.6) is 0 Å². The Morgan fingerprint density at radius 1 is 1.43 bits per heavy atom. The van der Waals surface area contributed by atoms with Crippen LogP contribution in [0, 0.1) is 0 Å². The van der Waals surface area contributed by atoms with Gasteiger partial charge in [0.1, 0.15) is 0 Å². The highest BCUT2D eigenvalue weighted by molar-refractivity contribution is 9.10. The second kappa shape index (κ2) is 3.55. The molecular formula is C10H10BrClN2. The molecule has 4 heteroatoms. The normalized spacial score (nSPS) is 11.5. The summed E-state index contributed by atoms with van der Waals surface area (Å²) in [5.74, 6) is 0. The van der Waals surface area contributed by atoms with E-state index in [2.05, 4.69) is 34.9 Å². The van der Waals surface area contributed by atoms with Gasteiger partial charge in [0, 0.05) is 11.4 Å². The predicted octanol–water partition coefficient (Wildman–Crippen LogP) is 4.03. The second-order valence-electron chi connectivity index (χ2n) is 3.48. The fourth-order valence-corrected chi connectivity index (χ4v) is 2.16. The van der Waals surface area contributed by atoms with Crippen molar-refractivity contribution in [2.75, 3.05) is 0 Å². The Balaban J connectivity index is 2.82. The molecule has 0 fully saturated rings. The van der Waals surface area contributed by atoms with Crippen LogP contribution in [0.1, 0.15) is 19.9 Å². The summed E-state index contributed by atoms with van der Waals surface area (Å²) in [6, 6.07) is 4.19. The van der Waals surface area contributed by atoms with E-state index in [4.69, 9.17) is 11.6 Å². The highest BCUT2D eigenvalue weighted by Crippen LogP contribution is 2.32. The molecule has 0 aliphatic carbocycles.